The summed E-state index contributed by atoms with van der Waals surface area (Å²) in [6.45, 7) is 5.02. The molecule has 0 saturated heterocycles. The number of guanidine groups is 1. The predicted molar refractivity (Wildman–Crippen MR) is 113 cm³/mol. The minimum atomic E-state index is 0. The highest BCUT2D eigenvalue weighted by atomic mass is 127. The number of nitrogens with one attached hydrogen (secondary N) is 1. The van der Waals surface area contributed by atoms with Gasteiger partial charge in [-0.2, -0.15) is 0 Å². The Hall–Kier alpha value is -1.96. The molecule has 0 bridgehead atoms. The molecule has 0 amide bonds. The third kappa shape index (κ3) is 7.21. The summed E-state index contributed by atoms with van der Waals surface area (Å²) in [5.41, 5.74) is 7.94. The molecule has 3 N–H and O–H groups in total. The SMILES string of the molecule is COc1cc(CN=C(N)NC(C)C)ccc1OCc1ccccc1.I. The zero-order valence-electron chi connectivity index (χ0n) is 14.9. The van der Waals surface area contributed by atoms with E-state index < -0.39 is 0 Å². The Balaban J connectivity index is 0.00000312. The first-order chi connectivity index (χ1) is 11.6. The van der Waals surface area contributed by atoms with Crippen molar-refractivity contribution in [2.75, 3.05) is 7.11 Å². The van der Waals surface area contributed by atoms with Gasteiger partial charge in [0, 0.05) is 6.04 Å². The molecule has 0 radical (unpaired) electrons. The van der Waals surface area contributed by atoms with Crippen molar-refractivity contribution in [3.05, 3.63) is 59.7 Å². The number of ether oxygens (including phenoxy) is 2. The Labute approximate surface area is 166 Å². The van der Waals surface area contributed by atoms with Gasteiger partial charge in [-0.25, -0.2) is 4.99 Å². The molecule has 0 heterocycles. The average Bonchev–Trinajstić information content (AvgIpc) is 2.58. The van der Waals surface area contributed by atoms with Gasteiger partial charge < -0.3 is 20.5 Å². The standard InChI is InChI=1S/C19H25N3O2.HI/c1-14(2)22-19(20)21-12-16-9-10-17(18(11-16)23-3)24-13-15-7-5-4-6-8-15;/h4-11,14H,12-13H2,1-3H3,(H3,20,21,22);1H. The minimum absolute atomic E-state index is 0. The Morgan fingerprint density at radius 2 is 1.80 bits per heavy atom. The molecule has 2 aromatic carbocycles. The van der Waals surface area contributed by atoms with Gasteiger partial charge in [0.05, 0.1) is 13.7 Å². The van der Waals surface area contributed by atoms with Crippen LogP contribution in [-0.4, -0.2) is 19.1 Å². The fraction of sp³-hybridized carbons (Fsp3) is 0.316. The second-order valence-electron chi connectivity index (χ2n) is 5.76. The molecule has 6 heteroatoms. The number of rotatable bonds is 7. The lowest BCUT2D eigenvalue weighted by Crippen LogP contribution is -2.36. The zero-order chi connectivity index (χ0) is 17.4. The number of methoxy groups -OCH3 is 1. The van der Waals surface area contributed by atoms with Crippen molar-refractivity contribution in [3.8, 4) is 11.5 Å². The van der Waals surface area contributed by atoms with Gasteiger partial charge in [-0.3, -0.25) is 0 Å². The number of benzene rings is 2. The molecule has 0 saturated carbocycles. The Kier molecular flexibility index (Phi) is 9.12. The summed E-state index contributed by atoms with van der Waals surface area (Å²) in [6, 6.07) is 16.1. The van der Waals surface area contributed by atoms with Crippen LogP contribution in [0, 0.1) is 0 Å². The van der Waals surface area contributed by atoms with E-state index in [1.165, 1.54) is 0 Å². The average molecular weight is 455 g/mol. The van der Waals surface area contributed by atoms with E-state index in [-0.39, 0.29) is 30.0 Å². The van der Waals surface area contributed by atoms with Crippen LogP contribution >= 0.6 is 24.0 Å². The van der Waals surface area contributed by atoms with Crippen LogP contribution in [0.3, 0.4) is 0 Å². The molecule has 0 aromatic heterocycles. The highest BCUT2D eigenvalue weighted by molar-refractivity contribution is 14.0. The molecule has 2 rings (SSSR count). The summed E-state index contributed by atoms with van der Waals surface area (Å²) in [7, 11) is 1.63. The van der Waals surface area contributed by atoms with E-state index in [0.29, 0.717) is 30.6 Å². The number of nitrogens with zero attached hydrogens (tertiary/aromatic N) is 1. The second-order valence-corrected chi connectivity index (χ2v) is 5.76. The van der Waals surface area contributed by atoms with E-state index in [0.717, 1.165) is 11.1 Å². The van der Waals surface area contributed by atoms with Crippen molar-refractivity contribution in [2.45, 2.75) is 33.0 Å². The Bertz CT molecular complexity index is 676. The molecule has 136 valence electrons. The molecule has 0 aliphatic carbocycles. The van der Waals surface area contributed by atoms with E-state index >= 15 is 0 Å². The maximum absolute atomic E-state index is 5.85. The fourth-order valence-electron chi connectivity index (χ4n) is 2.18. The molecule has 25 heavy (non-hydrogen) atoms. The monoisotopic (exact) mass is 455 g/mol. The van der Waals surface area contributed by atoms with E-state index in [9.17, 15) is 0 Å². The quantitative estimate of drug-likeness (QED) is 0.380. The number of aliphatic imine (C=N–C) groups is 1. The number of hydrogen-bond donors (Lipinski definition) is 2. The van der Waals surface area contributed by atoms with E-state index in [1.807, 2.05) is 62.4 Å². The lowest BCUT2D eigenvalue weighted by molar-refractivity contribution is 0.284. The van der Waals surface area contributed by atoms with Crippen LogP contribution in [0.15, 0.2) is 53.5 Å². The zero-order valence-corrected chi connectivity index (χ0v) is 17.2. The molecule has 5 nitrogen and oxygen atoms in total. The molecule has 0 unspecified atom stereocenters. The molecular weight excluding hydrogens is 429 g/mol. The Morgan fingerprint density at radius 3 is 2.44 bits per heavy atom. The first kappa shape index (κ1) is 21.1. The molecule has 0 fully saturated rings. The maximum Gasteiger partial charge on any atom is 0.189 e. The summed E-state index contributed by atoms with van der Waals surface area (Å²) >= 11 is 0. The summed E-state index contributed by atoms with van der Waals surface area (Å²) in [6.07, 6.45) is 0. The van der Waals surface area contributed by atoms with Crippen LogP contribution in [0.4, 0.5) is 0 Å². The number of nitrogens with two attached hydrogens (primary N) is 1. The van der Waals surface area contributed by atoms with Crippen molar-refractivity contribution < 1.29 is 9.47 Å². The molecular formula is C19H26IN3O2. The van der Waals surface area contributed by atoms with E-state index in [1.54, 1.807) is 7.11 Å². The largest absolute Gasteiger partial charge is 0.493 e. The van der Waals surface area contributed by atoms with E-state index in [2.05, 4.69) is 10.3 Å². The number of hydrogen-bond acceptors (Lipinski definition) is 3. The number of halogens is 1. The van der Waals surface area contributed by atoms with Gasteiger partial charge in [-0.1, -0.05) is 36.4 Å². The summed E-state index contributed by atoms with van der Waals surface area (Å²) in [4.78, 5) is 4.32. The lowest BCUT2D eigenvalue weighted by atomic mass is 10.2. The normalized spacial score (nSPS) is 11.0. The Morgan fingerprint density at radius 1 is 1.08 bits per heavy atom. The van der Waals surface area contributed by atoms with Crippen LogP contribution < -0.4 is 20.5 Å². The lowest BCUT2D eigenvalue weighted by Gasteiger charge is -2.12. The van der Waals surface area contributed by atoms with Crippen molar-refractivity contribution in [1.29, 1.82) is 0 Å². The van der Waals surface area contributed by atoms with Crippen molar-refractivity contribution in [3.63, 3.8) is 0 Å². The van der Waals surface area contributed by atoms with Crippen molar-refractivity contribution in [2.24, 2.45) is 10.7 Å². The van der Waals surface area contributed by atoms with Crippen molar-refractivity contribution in [1.82, 2.24) is 5.32 Å². The fourth-order valence-corrected chi connectivity index (χ4v) is 2.18. The second kappa shape index (κ2) is 10.8. The summed E-state index contributed by atoms with van der Waals surface area (Å²) in [5, 5.41) is 3.06. The van der Waals surface area contributed by atoms with Gasteiger partial charge in [0.1, 0.15) is 6.61 Å². The summed E-state index contributed by atoms with van der Waals surface area (Å²) in [5.74, 6) is 1.84. The topological polar surface area (TPSA) is 68.9 Å². The van der Waals surface area contributed by atoms with Crippen molar-refractivity contribution >= 4 is 29.9 Å². The van der Waals surface area contributed by atoms with Crippen LogP contribution in [0.25, 0.3) is 0 Å². The molecule has 0 spiro atoms. The van der Waals surface area contributed by atoms with Crippen LogP contribution in [0.2, 0.25) is 0 Å². The van der Waals surface area contributed by atoms with Crippen LogP contribution in [0.5, 0.6) is 11.5 Å². The first-order valence-electron chi connectivity index (χ1n) is 7.98. The molecule has 0 aliphatic rings. The van der Waals surface area contributed by atoms with Crippen LogP contribution in [-0.2, 0) is 13.2 Å². The predicted octanol–water partition coefficient (Wildman–Crippen LogP) is 3.70. The van der Waals surface area contributed by atoms with Gasteiger partial charge in [-0.05, 0) is 37.1 Å². The molecule has 2 aromatic rings. The van der Waals surface area contributed by atoms with Crippen LogP contribution in [0.1, 0.15) is 25.0 Å². The van der Waals surface area contributed by atoms with Gasteiger partial charge in [0.15, 0.2) is 17.5 Å². The smallest absolute Gasteiger partial charge is 0.189 e. The molecule has 0 atom stereocenters. The first-order valence-corrected chi connectivity index (χ1v) is 7.98. The van der Waals surface area contributed by atoms with E-state index in [4.69, 9.17) is 15.2 Å². The molecule has 0 aliphatic heterocycles. The summed E-state index contributed by atoms with van der Waals surface area (Å²) < 4.78 is 11.3. The van der Waals surface area contributed by atoms with Gasteiger partial charge in [-0.15, -0.1) is 24.0 Å². The highest BCUT2D eigenvalue weighted by Crippen LogP contribution is 2.29. The maximum atomic E-state index is 5.85. The third-order valence-corrected chi connectivity index (χ3v) is 3.33. The minimum Gasteiger partial charge on any atom is -0.493 e. The van der Waals surface area contributed by atoms with Gasteiger partial charge in [0.2, 0.25) is 0 Å². The van der Waals surface area contributed by atoms with Gasteiger partial charge in [0.25, 0.3) is 0 Å². The van der Waals surface area contributed by atoms with Gasteiger partial charge >= 0.3 is 0 Å². The highest BCUT2D eigenvalue weighted by Gasteiger charge is 2.06. The third-order valence-electron chi connectivity index (χ3n) is 3.33.